The summed E-state index contributed by atoms with van der Waals surface area (Å²) in [6, 6.07) is 12.4. The van der Waals surface area contributed by atoms with Gasteiger partial charge >= 0.3 is 6.03 Å². The summed E-state index contributed by atoms with van der Waals surface area (Å²) in [5.74, 6) is -0.716. The highest BCUT2D eigenvalue weighted by Crippen LogP contribution is 2.20. The minimum atomic E-state index is -3.56. The summed E-state index contributed by atoms with van der Waals surface area (Å²) >= 11 is 5.76. The lowest BCUT2D eigenvalue weighted by molar-refractivity contribution is -0.115. The first-order valence-electron chi connectivity index (χ1n) is 8.77. The predicted molar refractivity (Wildman–Crippen MR) is 108 cm³/mol. The fourth-order valence-electron chi connectivity index (χ4n) is 2.43. The minimum absolute atomic E-state index is 0.129. The second-order valence-electron chi connectivity index (χ2n) is 6.52. The molecule has 148 valence electrons. The van der Waals surface area contributed by atoms with Gasteiger partial charge in [0.25, 0.3) is 0 Å². The quantitative estimate of drug-likeness (QED) is 0.637. The fourth-order valence-corrected chi connectivity index (χ4v) is 3.79. The summed E-state index contributed by atoms with van der Waals surface area (Å²) in [6.07, 6.45) is 1.84. The summed E-state index contributed by atoms with van der Waals surface area (Å²) in [5.41, 5.74) is 1.11. The van der Waals surface area contributed by atoms with Gasteiger partial charge in [-0.05, 0) is 61.4 Å². The SMILES string of the molecule is O=C(CCS(=O)(=O)c1ccc(Cl)cc1)Nc1ccc(NC(=O)NC2CC2)cc1. The molecule has 0 spiro atoms. The Bertz CT molecular complexity index is 956. The first-order valence-corrected chi connectivity index (χ1v) is 10.8. The van der Waals surface area contributed by atoms with E-state index in [-0.39, 0.29) is 29.1 Å². The van der Waals surface area contributed by atoms with Crippen molar-refractivity contribution in [3.8, 4) is 0 Å². The summed E-state index contributed by atoms with van der Waals surface area (Å²) in [7, 11) is -3.56. The van der Waals surface area contributed by atoms with E-state index in [1.165, 1.54) is 24.3 Å². The molecule has 1 saturated carbocycles. The van der Waals surface area contributed by atoms with E-state index in [2.05, 4.69) is 16.0 Å². The number of carbonyl (C=O) groups is 2. The number of benzene rings is 2. The molecule has 0 bridgehead atoms. The molecule has 2 aromatic rings. The number of halogens is 1. The zero-order chi connectivity index (χ0) is 20.1. The van der Waals surface area contributed by atoms with Gasteiger partial charge in [-0.2, -0.15) is 0 Å². The number of carbonyl (C=O) groups excluding carboxylic acids is 2. The van der Waals surface area contributed by atoms with Crippen molar-refractivity contribution in [3.63, 3.8) is 0 Å². The summed E-state index contributed by atoms with van der Waals surface area (Å²) in [6.45, 7) is 0. The Morgan fingerprint density at radius 1 is 0.929 bits per heavy atom. The molecule has 28 heavy (non-hydrogen) atoms. The Hall–Kier alpha value is -2.58. The standard InChI is InChI=1S/C19H20ClN3O4S/c20-13-1-9-17(10-2-13)28(26,27)12-11-18(24)21-14-3-5-15(6-4-14)22-19(25)23-16-7-8-16/h1-6,9-10,16H,7-8,11-12H2,(H,21,24)(H2,22,23,25). The smallest absolute Gasteiger partial charge is 0.319 e. The van der Waals surface area contributed by atoms with Crippen LogP contribution < -0.4 is 16.0 Å². The first-order chi connectivity index (χ1) is 13.3. The van der Waals surface area contributed by atoms with Crippen molar-refractivity contribution in [1.29, 1.82) is 0 Å². The summed E-state index contributed by atoms with van der Waals surface area (Å²) in [5, 5.41) is 8.61. The number of amides is 3. The van der Waals surface area contributed by atoms with Gasteiger partial charge in [0, 0.05) is 28.9 Å². The molecule has 0 aromatic heterocycles. The van der Waals surface area contributed by atoms with Crippen molar-refractivity contribution in [2.75, 3.05) is 16.4 Å². The van der Waals surface area contributed by atoms with Gasteiger partial charge in [-0.15, -0.1) is 0 Å². The van der Waals surface area contributed by atoms with Crippen LogP contribution in [-0.4, -0.2) is 32.2 Å². The van der Waals surface area contributed by atoms with Crippen molar-refractivity contribution >= 4 is 44.8 Å². The molecule has 3 N–H and O–H groups in total. The lowest BCUT2D eigenvalue weighted by Gasteiger charge is -2.09. The number of anilines is 2. The second kappa shape index (κ2) is 8.62. The van der Waals surface area contributed by atoms with Gasteiger partial charge < -0.3 is 16.0 Å². The van der Waals surface area contributed by atoms with E-state index in [0.29, 0.717) is 16.4 Å². The third kappa shape index (κ3) is 5.97. The van der Waals surface area contributed by atoms with Crippen LogP contribution in [0, 0.1) is 0 Å². The lowest BCUT2D eigenvalue weighted by atomic mass is 10.2. The van der Waals surface area contributed by atoms with E-state index >= 15 is 0 Å². The van der Waals surface area contributed by atoms with Gasteiger partial charge in [0.1, 0.15) is 0 Å². The largest absolute Gasteiger partial charge is 0.335 e. The van der Waals surface area contributed by atoms with Gasteiger partial charge in [-0.1, -0.05) is 11.6 Å². The second-order valence-corrected chi connectivity index (χ2v) is 9.07. The molecule has 1 aliphatic carbocycles. The molecule has 0 heterocycles. The Labute approximate surface area is 168 Å². The van der Waals surface area contributed by atoms with E-state index < -0.39 is 15.7 Å². The molecule has 9 heteroatoms. The van der Waals surface area contributed by atoms with Gasteiger partial charge in [0.2, 0.25) is 5.91 Å². The number of rotatable bonds is 7. The number of urea groups is 1. The molecule has 0 aliphatic heterocycles. The zero-order valence-corrected chi connectivity index (χ0v) is 16.5. The normalized spacial score (nSPS) is 13.6. The number of nitrogens with one attached hydrogen (secondary N) is 3. The highest BCUT2D eigenvalue weighted by atomic mass is 35.5. The maximum absolute atomic E-state index is 12.3. The van der Waals surface area contributed by atoms with E-state index in [4.69, 9.17) is 11.6 Å². The molecule has 1 aliphatic rings. The van der Waals surface area contributed by atoms with Crippen molar-refractivity contribution in [2.45, 2.75) is 30.2 Å². The van der Waals surface area contributed by atoms with Crippen LogP contribution in [0.3, 0.4) is 0 Å². The summed E-state index contributed by atoms with van der Waals surface area (Å²) in [4.78, 5) is 23.9. The number of hydrogen-bond acceptors (Lipinski definition) is 4. The zero-order valence-electron chi connectivity index (χ0n) is 14.9. The molecule has 0 saturated heterocycles. The van der Waals surface area contributed by atoms with Gasteiger partial charge in [0.05, 0.1) is 10.6 Å². The Kier molecular flexibility index (Phi) is 6.21. The number of hydrogen-bond donors (Lipinski definition) is 3. The first kappa shape index (κ1) is 20.2. The average Bonchev–Trinajstić information content (AvgIpc) is 3.46. The van der Waals surface area contributed by atoms with Gasteiger partial charge in [-0.3, -0.25) is 4.79 Å². The van der Waals surface area contributed by atoms with Gasteiger partial charge in [-0.25, -0.2) is 13.2 Å². The number of sulfone groups is 1. The fraction of sp³-hybridized carbons (Fsp3) is 0.263. The third-order valence-corrected chi connectivity index (χ3v) is 6.09. The van der Waals surface area contributed by atoms with Crippen molar-refractivity contribution < 1.29 is 18.0 Å². The van der Waals surface area contributed by atoms with E-state index in [9.17, 15) is 18.0 Å². The molecule has 0 radical (unpaired) electrons. The Balaban J connectivity index is 1.48. The van der Waals surface area contributed by atoms with Crippen molar-refractivity contribution in [3.05, 3.63) is 53.6 Å². The van der Waals surface area contributed by atoms with Crippen molar-refractivity contribution in [1.82, 2.24) is 5.32 Å². The molecule has 0 unspecified atom stereocenters. The van der Waals surface area contributed by atoms with E-state index in [0.717, 1.165) is 12.8 Å². The molecule has 3 amide bonds. The van der Waals surface area contributed by atoms with Crippen LogP contribution in [0.5, 0.6) is 0 Å². The third-order valence-electron chi connectivity index (χ3n) is 4.11. The average molecular weight is 422 g/mol. The Morgan fingerprint density at radius 2 is 1.50 bits per heavy atom. The molecule has 3 rings (SSSR count). The van der Waals surface area contributed by atoms with Crippen LogP contribution >= 0.6 is 11.6 Å². The highest BCUT2D eigenvalue weighted by molar-refractivity contribution is 7.91. The van der Waals surface area contributed by atoms with Crippen LogP contribution in [0.2, 0.25) is 5.02 Å². The maximum Gasteiger partial charge on any atom is 0.319 e. The van der Waals surface area contributed by atoms with Crippen LogP contribution in [0.1, 0.15) is 19.3 Å². The van der Waals surface area contributed by atoms with Crippen molar-refractivity contribution in [2.24, 2.45) is 0 Å². The van der Waals surface area contributed by atoms with Crippen LogP contribution in [0.4, 0.5) is 16.2 Å². The van der Waals surface area contributed by atoms with E-state index in [1.54, 1.807) is 24.3 Å². The monoisotopic (exact) mass is 421 g/mol. The molecule has 0 atom stereocenters. The van der Waals surface area contributed by atoms with E-state index in [1.807, 2.05) is 0 Å². The summed E-state index contributed by atoms with van der Waals surface area (Å²) < 4.78 is 24.5. The van der Waals surface area contributed by atoms with Crippen LogP contribution in [-0.2, 0) is 14.6 Å². The minimum Gasteiger partial charge on any atom is -0.335 e. The molecular weight excluding hydrogens is 402 g/mol. The predicted octanol–water partition coefficient (Wildman–Crippen LogP) is 3.43. The molecule has 7 nitrogen and oxygen atoms in total. The van der Waals surface area contributed by atoms with Crippen LogP contribution in [0.25, 0.3) is 0 Å². The maximum atomic E-state index is 12.3. The highest BCUT2D eigenvalue weighted by Gasteiger charge is 2.23. The Morgan fingerprint density at radius 3 is 2.07 bits per heavy atom. The van der Waals surface area contributed by atoms with Crippen LogP contribution in [0.15, 0.2) is 53.4 Å². The topological polar surface area (TPSA) is 104 Å². The lowest BCUT2D eigenvalue weighted by Crippen LogP contribution is -2.30. The van der Waals surface area contributed by atoms with Gasteiger partial charge in [0.15, 0.2) is 9.84 Å². The molecule has 1 fully saturated rings. The molecule has 2 aromatic carbocycles. The molecular formula is C19H20ClN3O4S.